The fraction of sp³-hybridized carbons (Fsp3) is 0.778. The summed E-state index contributed by atoms with van der Waals surface area (Å²) in [6, 6.07) is 0. The molecule has 4 nitrogen and oxygen atoms in total. The number of amidine groups is 1. The van der Waals surface area contributed by atoms with Crippen LogP contribution in [0, 0.1) is 11.3 Å². The Hall–Kier alpha value is -1.06. The molecule has 0 aromatic carbocycles. The van der Waals surface area contributed by atoms with E-state index in [1.165, 1.54) is 4.90 Å². The third-order valence-electron chi connectivity index (χ3n) is 2.06. The quantitative estimate of drug-likeness (QED) is 0.727. The Labute approximate surface area is 78.4 Å². The van der Waals surface area contributed by atoms with E-state index in [1.54, 1.807) is 0 Å². The molecule has 0 radical (unpaired) electrons. The molecule has 1 aliphatic heterocycles. The van der Waals surface area contributed by atoms with Crippen LogP contribution < -0.4 is 0 Å². The fourth-order valence-electron chi connectivity index (χ4n) is 1.37. The van der Waals surface area contributed by atoms with Crippen LogP contribution in [0.2, 0.25) is 0 Å². The van der Waals surface area contributed by atoms with Gasteiger partial charge in [0.1, 0.15) is 5.84 Å². The first-order valence-corrected chi connectivity index (χ1v) is 4.64. The van der Waals surface area contributed by atoms with Crippen LogP contribution >= 0.6 is 0 Å². The lowest BCUT2D eigenvalue weighted by Crippen LogP contribution is -2.33. The predicted octanol–water partition coefficient (Wildman–Crippen LogP) is 1.85. The highest BCUT2D eigenvalue weighted by molar-refractivity contribution is 6.01. The van der Waals surface area contributed by atoms with Gasteiger partial charge < -0.3 is 4.74 Å². The van der Waals surface area contributed by atoms with Crippen LogP contribution in [0.15, 0.2) is 0 Å². The van der Waals surface area contributed by atoms with E-state index in [0.29, 0.717) is 12.4 Å². The summed E-state index contributed by atoms with van der Waals surface area (Å²) < 4.78 is 5.06. The number of carbonyl (C=O) groups is 1. The summed E-state index contributed by atoms with van der Waals surface area (Å²) in [7, 11) is 0. The standard InChI is InChI=1S/C9H16N2O2/c1-4-5-11-8(10)7(6(2)3)13-9(11)12/h6-7,10H,4-5H2,1-3H3. The molecule has 4 heteroatoms. The van der Waals surface area contributed by atoms with E-state index in [-0.39, 0.29) is 18.1 Å². The molecule has 74 valence electrons. The molecule has 1 amide bonds. The Bertz CT molecular complexity index is 226. The minimum Gasteiger partial charge on any atom is -0.437 e. The highest BCUT2D eigenvalue weighted by Crippen LogP contribution is 2.19. The number of nitrogens with one attached hydrogen (secondary N) is 1. The summed E-state index contributed by atoms with van der Waals surface area (Å²) in [4.78, 5) is 12.7. The van der Waals surface area contributed by atoms with Crippen molar-refractivity contribution in [1.29, 1.82) is 5.41 Å². The molecular weight excluding hydrogens is 168 g/mol. The number of nitrogens with zero attached hydrogens (tertiary/aromatic N) is 1. The summed E-state index contributed by atoms with van der Waals surface area (Å²) in [5.41, 5.74) is 0. The van der Waals surface area contributed by atoms with Crippen LogP contribution in [-0.4, -0.2) is 29.5 Å². The summed E-state index contributed by atoms with van der Waals surface area (Å²) in [6.07, 6.45) is 0.132. The number of amides is 1. The second kappa shape index (κ2) is 3.77. The molecule has 0 spiro atoms. The van der Waals surface area contributed by atoms with Gasteiger partial charge in [-0.25, -0.2) is 4.79 Å². The number of cyclic esters (lactones) is 1. The maximum Gasteiger partial charge on any atom is 0.416 e. The van der Waals surface area contributed by atoms with E-state index >= 15 is 0 Å². The molecule has 0 aromatic heterocycles. The number of hydrogen-bond acceptors (Lipinski definition) is 3. The SMILES string of the molecule is CCCN1C(=N)C(C(C)C)OC1=O. The predicted molar refractivity (Wildman–Crippen MR) is 49.8 cm³/mol. The van der Waals surface area contributed by atoms with Gasteiger partial charge in [-0.2, -0.15) is 0 Å². The summed E-state index contributed by atoms with van der Waals surface area (Å²) in [6.45, 7) is 6.45. The number of rotatable bonds is 3. The maximum absolute atomic E-state index is 11.3. The first-order valence-electron chi connectivity index (χ1n) is 4.64. The van der Waals surface area contributed by atoms with Crippen molar-refractivity contribution in [1.82, 2.24) is 4.90 Å². The lowest BCUT2D eigenvalue weighted by Gasteiger charge is -2.14. The van der Waals surface area contributed by atoms with Gasteiger partial charge in [0.15, 0.2) is 6.10 Å². The zero-order valence-corrected chi connectivity index (χ0v) is 8.33. The molecule has 0 bridgehead atoms. The van der Waals surface area contributed by atoms with Crippen molar-refractivity contribution in [2.24, 2.45) is 5.92 Å². The smallest absolute Gasteiger partial charge is 0.416 e. The van der Waals surface area contributed by atoms with E-state index in [9.17, 15) is 4.79 Å². The minimum absolute atomic E-state index is 0.179. The van der Waals surface area contributed by atoms with Crippen molar-refractivity contribution in [3.05, 3.63) is 0 Å². The molecule has 0 aromatic rings. The Balaban J connectivity index is 2.69. The van der Waals surface area contributed by atoms with Crippen LogP contribution in [0.5, 0.6) is 0 Å². The van der Waals surface area contributed by atoms with Gasteiger partial charge in [-0.1, -0.05) is 20.8 Å². The van der Waals surface area contributed by atoms with Gasteiger partial charge in [0, 0.05) is 6.54 Å². The third kappa shape index (κ3) is 1.82. The van der Waals surface area contributed by atoms with Crippen LogP contribution in [0.1, 0.15) is 27.2 Å². The van der Waals surface area contributed by atoms with Crippen molar-refractivity contribution >= 4 is 11.9 Å². The van der Waals surface area contributed by atoms with Crippen molar-refractivity contribution in [3.8, 4) is 0 Å². The monoisotopic (exact) mass is 184 g/mol. The van der Waals surface area contributed by atoms with Gasteiger partial charge in [-0.15, -0.1) is 0 Å². The Morgan fingerprint density at radius 3 is 2.62 bits per heavy atom. The summed E-state index contributed by atoms with van der Waals surface area (Å²) in [5.74, 6) is 0.486. The molecule has 1 saturated heterocycles. The Morgan fingerprint density at radius 2 is 2.23 bits per heavy atom. The summed E-state index contributed by atoms with van der Waals surface area (Å²) in [5, 5.41) is 7.71. The fourth-order valence-corrected chi connectivity index (χ4v) is 1.37. The van der Waals surface area contributed by atoms with Gasteiger partial charge in [0.2, 0.25) is 0 Å². The van der Waals surface area contributed by atoms with E-state index < -0.39 is 0 Å². The molecule has 0 aliphatic carbocycles. The Morgan fingerprint density at radius 1 is 1.62 bits per heavy atom. The topological polar surface area (TPSA) is 53.4 Å². The van der Waals surface area contributed by atoms with Crippen molar-refractivity contribution < 1.29 is 9.53 Å². The second-order valence-electron chi connectivity index (χ2n) is 3.59. The van der Waals surface area contributed by atoms with Gasteiger partial charge in [0.25, 0.3) is 0 Å². The van der Waals surface area contributed by atoms with Crippen LogP contribution in [-0.2, 0) is 4.74 Å². The molecular formula is C9H16N2O2. The first-order chi connectivity index (χ1) is 6.07. The van der Waals surface area contributed by atoms with Crippen molar-refractivity contribution in [3.63, 3.8) is 0 Å². The van der Waals surface area contributed by atoms with Gasteiger partial charge in [-0.05, 0) is 12.3 Å². The Kier molecular flexibility index (Phi) is 2.90. The molecule has 1 unspecified atom stereocenters. The van der Waals surface area contributed by atoms with E-state index in [0.717, 1.165) is 6.42 Å². The molecule has 1 aliphatic rings. The van der Waals surface area contributed by atoms with Gasteiger partial charge in [0.05, 0.1) is 0 Å². The number of carbonyl (C=O) groups excluding carboxylic acids is 1. The molecule has 1 fully saturated rings. The lowest BCUT2D eigenvalue weighted by molar-refractivity contribution is 0.118. The van der Waals surface area contributed by atoms with Crippen molar-refractivity contribution in [2.75, 3.05) is 6.54 Å². The second-order valence-corrected chi connectivity index (χ2v) is 3.59. The summed E-state index contributed by atoms with van der Waals surface area (Å²) >= 11 is 0. The molecule has 0 saturated carbocycles. The molecule has 1 N–H and O–H groups in total. The molecule has 13 heavy (non-hydrogen) atoms. The average Bonchev–Trinajstić information content (AvgIpc) is 2.32. The molecule has 1 heterocycles. The van der Waals surface area contributed by atoms with Crippen LogP contribution in [0.4, 0.5) is 4.79 Å². The normalized spacial score (nSPS) is 22.8. The number of ether oxygens (including phenoxy) is 1. The van der Waals surface area contributed by atoms with E-state index in [2.05, 4.69) is 0 Å². The van der Waals surface area contributed by atoms with Crippen LogP contribution in [0.3, 0.4) is 0 Å². The zero-order valence-electron chi connectivity index (χ0n) is 8.33. The van der Waals surface area contributed by atoms with Crippen LogP contribution in [0.25, 0.3) is 0 Å². The van der Waals surface area contributed by atoms with Crippen molar-refractivity contribution in [2.45, 2.75) is 33.3 Å². The highest BCUT2D eigenvalue weighted by Gasteiger charge is 2.38. The average molecular weight is 184 g/mol. The highest BCUT2D eigenvalue weighted by atomic mass is 16.6. The van der Waals surface area contributed by atoms with Gasteiger partial charge in [-0.3, -0.25) is 10.3 Å². The largest absolute Gasteiger partial charge is 0.437 e. The lowest BCUT2D eigenvalue weighted by atomic mass is 10.1. The van der Waals surface area contributed by atoms with Gasteiger partial charge >= 0.3 is 6.09 Å². The number of hydrogen-bond donors (Lipinski definition) is 1. The van der Waals surface area contributed by atoms with E-state index in [1.807, 2.05) is 20.8 Å². The maximum atomic E-state index is 11.3. The molecule has 1 rings (SSSR count). The molecule has 1 atom stereocenters. The van der Waals surface area contributed by atoms with E-state index in [4.69, 9.17) is 10.1 Å². The minimum atomic E-state index is -0.370. The third-order valence-corrected chi connectivity index (χ3v) is 2.06. The zero-order chi connectivity index (χ0) is 10.0. The first kappa shape index (κ1) is 10.0.